The van der Waals surface area contributed by atoms with E-state index in [1.54, 1.807) is 23.5 Å². The fourth-order valence-corrected chi connectivity index (χ4v) is 2.10. The van der Waals surface area contributed by atoms with Gasteiger partial charge in [0.05, 0.1) is 10.7 Å². The number of rotatable bonds is 4. The number of hydrogen-bond donors (Lipinski definition) is 1. The smallest absolute Gasteiger partial charge is 0.344 e. The summed E-state index contributed by atoms with van der Waals surface area (Å²) in [5.41, 5.74) is 1.81. The Bertz CT molecular complexity index is 565. The maximum atomic E-state index is 10.7. The molecule has 0 saturated carbocycles. The normalized spacial score (nSPS) is 12.1. The lowest BCUT2D eigenvalue weighted by molar-refractivity contribution is -0.144. The third-order valence-corrected chi connectivity index (χ3v) is 3.18. The van der Waals surface area contributed by atoms with Crippen LogP contribution in [0.5, 0.6) is 5.75 Å². The third kappa shape index (κ3) is 2.87. The summed E-state index contributed by atoms with van der Waals surface area (Å²) >= 11 is 1.58. The molecule has 1 heterocycles. The van der Waals surface area contributed by atoms with Gasteiger partial charge in [0.1, 0.15) is 5.75 Å². The molecule has 0 saturated heterocycles. The molecular formula is C13H13NO3S. The van der Waals surface area contributed by atoms with E-state index in [-0.39, 0.29) is 0 Å². The Morgan fingerprint density at radius 3 is 2.89 bits per heavy atom. The number of nitrogens with zero attached hydrogens (tertiary/aromatic N) is 1. The second-order valence-corrected chi connectivity index (χ2v) is 4.94. The molecule has 0 amide bonds. The predicted octanol–water partition coefficient (Wildman–Crippen LogP) is 2.97. The topological polar surface area (TPSA) is 59.4 Å². The number of hydrogen-bond acceptors (Lipinski definition) is 4. The van der Waals surface area contributed by atoms with Gasteiger partial charge in [-0.15, -0.1) is 11.3 Å². The van der Waals surface area contributed by atoms with Crippen molar-refractivity contribution in [2.75, 3.05) is 0 Å². The summed E-state index contributed by atoms with van der Waals surface area (Å²) in [5, 5.41) is 11.8. The minimum Gasteiger partial charge on any atom is -0.479 e. The van der Waals surface area contributed by atoms with Crippen LogP contribution in [0.15, 0.2) is 29.6 Å². The van der Waals surface area contributed by atoms with Crippen LogP contribution in [0.25, 0.3) is 11.3 Å². The Morgan fingerprint density at radius 2 is 2.28 bits per heavy atom. The fraction of sp³-hybridized carbons (Fsp3) is 0.231. The molecule has 0 spiro atoms. The van der Waals surface area contributed by atoms with E-state index in [1.807, 2.05) is 24.4 Å². The van der Waals surface area contributed by atoms with Gasteiger partial charge in [-0.05, 0) is 26.0 Å². The highest BCUT2D eigenvalue weighted by Gasteiger charge is 2.12. The van der Waals surface area contributed by atoms with Crippen LogP contribution in [0.3, 0.4) is 0 Å². The first kappa shape index (κ1) is 12.6. The van der Waals surface area contributed by atoms with Crippen molar-refractivity contribution in [1.29, 1.82) is 0 Å². The summed E-state index contributed by atoms with van der Waals surface area (Å²) in [5.74, 6) is -0.446. The Kier molecular flexibility index (Phi) is 3.62. The summed E-state index contributed by atoms with van der Waals surface area (Å²) in [7, 11) is 0. The number of aliphatic carboxylic acids is 1. The van der Waals surface area contributed by atoms with Crippen LogP contribution in [0.4, 0.5) is 0 Å². The van der Waals surface area contributed by atoms with E-state index in [1.165, 1.54) is 6.92 Å². The van der Waals surface area contributed by atoms with Crippen molar-refractivity contribution in [1.82, 2.24) is 4.98 Å². The summed E-state index contributed by atoms with van der Waals surface area (Å²) in [6.45, 7) is 3.45. The van der Waals surface area contributed by atoms with Gasteiger partial charge in [-0.25, -0.2) is 9.78 Å². The van der Waals surface area contributed by atoms with Gasteiger partial charge >= 0.3 is 5.97 Å². The minimum absolute atomic E-state index is 0.535. The monoisotopic (exact) mass is 263 g/mol. The number of carboxylic acids is 1. The maximum absolute atomic E-state index is 10.7. The SMILES string of the molecule is Cc1nc(-c2cccc(OC(C)C(=O)O)c2)cs1. The summed E-state index contributed by atoms with van der Waals surface area (Å²) in [6.07, 6.45) is -0.863. The molecular weight excluding hydrogens is 250 g/mol. The number of thiazole rings is 1. The lowest BCUT2D eigenvalue weighted by atomic mass is 10.1. The van der Waals surface area contributed by atoms with Crippen LogP contribution >= 0.6 is 11.3 Å². The van der Waals surface area contributed by atoms with E-state index in [4.69, 9.17) is 9.84 Å². The third-order valence-electron chi connectivity index (χ3n) is 2.41. The van der Waals surface area contributed by atoms with Gasteiger partial charge in [0.25, 0.3) is 0 Å². The molecule has 1 unspecified atom stereocenters. The lowest BCUT2D eigenvalue weighted by Gasteiger charge is -2.10. The van der Waals surface area contributed by atoms with E-state index in [0.717, 1.165) is 16.3 Å². The highest BCUT2D eigenvalue weighted by Crippen LogP contribution is 2.25. The zero-order chi connectivity index (χ0) is 13.1. The predicted molar refractivity (Wildman–Crippen MR) is 70.0 cm³/mol. The second kappa shape index (κ2) is 5.18. The fourth-order valence-electron chi connectivity index (χ4n) is 1.48. The average molecular weight is 263 g/mol. The highest BCUT2D eigenvalue weighted by atomic mass is 32.1. The molecule has 5 heteroatoms. The molecule has 18 heavy (non-hydrogen) atoms. The molecule has 2 rings (SSSR count). The Labute approximate surface area is 109 Å². The quantitative estimate of drug-likeness (QED) is 0.921. The number of carboxylic acid groups (broad SMARTS) is 1. The standard InChI is InChI=1S/C13H13NO3S/c1-8(13(15)16)17-11-5-3-4-10(6-11)12-7-18-9(2)14-12/h3-8H,1-2H3,(H,15,16). The van der Waals surface area contributed by atoms with Gasteiger partial charge in [0, 0.05) is 10.9 Å². The van der Waals surface area contributed by atoms with Gasteiger partial charge in [0.2, 0.25) is 0 Å². The molecule has 94 valence electrons. The molecule has 0 aliphatic rings. The molecule has 0 bridgehead atoms. The van der Waals surface area contributed by atoms with Crippen LogP contribution < -0.4 is 4.74 Å². The first-order valence-corrected chi connectivity index (χ1v) is 6.36. The van der Waals surface area contributed by atoms with Gasteiger partial charge in [-0.3, -0.25) is 0 Å². The summed E-state index contributed by atoms with van der Waals surface area (Å²) < 4.78 is 5.32. The van der Waals surface area contributed by atoms with E-state index in [9.17, 15) is 4.79 Å². The molecule has 1 N–H and O–H groups in total. The first-order chi connectivity index (χ1) is 8.56. The van der Waals surface area contributed by atoms with Crippen molar-refractivity contribution in [3.8, 4) is 17.0 Å². The van der Waals surface area contributed by atoms with Crippen LogP contribution in [0, 0.1) is 6.92 Å². The highest BCUT2D eigenvalue weighted by molar-refractivity contribution is 7.09. The molecule has 1 aromatic heterocycles. The second-order valence-electron chi connectivity index (χ2n) is 3.88. The summed E-state index contributed by atoms with van der Waals surface area (Å²) in [6, 6.07) is 7.29. The maximum Gasteiger partial charge on any atom is 0.344 e. The first-order valence-electron chi connectivity index (χ1n) is 5.48. The van der Waals surface area contributed by atoms with Crippen molar-refractivity contribution in [3.05, 3.63) is 34.7 Å². The van der Waals surface area contributed by atoms with Crippen molar-refractivity contribution >= 4 is 17.3 Å². The van der Waals surface area contributed by atoms with E-state index in [0.29, 0.717) is 5.75 Å². The van der Waals surface area contributed by atoms with Gasteiger partial charge < -0.3 is 9.84 Å². The molecule has 0 fully saturated rings. The lowest BCUT2D eigenvalue weighted by Crippen LogP contribution is -2.22. The Morgan fingerprint density at radius 1 is 1.50 bits per heavy atom. The molecule has 0 aliphatic heterocycles. The number of aromatic nitrogens is 1. The van der Waals surface area contributed by atoms with Gasteiger partial charge in [0.15, 0.2) is 6.10 Å². The largest absolute Gasteiger partial charge is 0.479 e. The molecule has 1 atom stereocenters. The molecule has 0 radical (unpaired) electrons. The van der Waals surface area contributed by atoms with Crippen LogP contribution in [-0.2, 0) is 4.79 Å². The van der Waals surface area contributed by atoms with Crippen molar-refractivity contribution in [2.24, 2.45) is 0 Å². The van der Waals surface area contributed by atoms with Crippen molar-refractivity contribution in [2.45, 2.75) is 20.0 Å². The molecule has 2 aromatic rings. The Hall–Kier alpha value is -1.88. The van der Waals surface area contributed by atoms with E-state index in [2.05, 4.69) is 4.98 Å². The van der Waals surface area contributed by atoms with Crippen LogP contribution in [-0.4, -0.2) is 22.2 Å². The van der Waals surface area contributed by atoms with Gasteiger partial charge in [-0.2, -0.15) is 0 Å². The average Bonchev–Trinajstić information content (AvgIpc) is 2.76. The van der Waals surface area contributed by atoms with Crippen LogP contribution in [0.2, 0.25) is 0 Å². The number of ether oxygens (including phenoxy) is 1. The molecule has 1 aromatic carbocycles. The number of benzene rings is 1. The Balaban J connectivity index is 2.22. The van der Waals surface area contributed by atoms with Crippen molar-refractivity contribution in [3.63, 3.8) is 0 Å². The van der Waals surface area contributed by atoms with Crippen LogP contribution in [0.1, 0.15) is 11.9 Å². The van der Waals surface area contributed by atoms with Gasteiger partial charge in [-0.1, -0.05) is 12.1 Å². The van der Waals surface area contributed by atoms with Crippen molar-refractivity contribution < 1.29 is 14.6 Å². The van der Waals surface area contributed by atoms with E-state index < -0.39 is 12.1 Å². The molecule has 4 nitrogen and oxygen atoms in total. The summed E-state index contributed by atoms with van der Waals surface area (Å²) in [4.78, 5) is 15.1. The number of aryl methyl sites for hydroxylation is 1. The zero-order valence-corrected chi connectivity index (χ0v) is 10.9. The molecule has 0 aliphatic carbocycles. The minimum atomic E-state index is -0.982. The van der Waals surface area contributed by atoms with E-state index >= 15 is 0 Å². The zero-order valence-electron chi connectivity index (χ0n) is 10.1. The number of carbonyl (C=O) groups is 1.